The molecule has 2 aliphatic rings. The molecule has 0 bridgehead atoms. The number of benzene rings is 1. The Kier molecular flexibility index (Phi) is 2.62. The molecule has 17 heavy (non-hydrogen) atoms. The molecule has 3 heteroatoms. The van der Waals surface area contributed by atoms with Gasteiger partial charge in [0, 0.05) is 16.1 Å². The number of carbonyl (C=O) groups is 1. The molecule has 1 heterocycles. The SMILES string of the molecule is O=C1NC2(CCCCC2)Cc2c(Cl)cccc21. The second-order valence-corrected chi connectivity index (χ2v) is 5.65. The highest BCUT2D eigenvalue weighted by Gasteiger charge is 2.39. The average Bonchev–Trinajstić information content (AvgIpc) is 2.32. The van der Waals surface area contributed by atoms with E-state index in [4.69, 9.17) is 11.6 Å². The van der Waals surface area contributed by atoms with E-state index in [9.17, 15) is 4.79 Å². The molecule has 1 aromatic carbocycles. The van der Waals surface area contributed by atoms with Crippen LogP contribution in [0.15, 0.2) is 18.2 Å². The van der Waals surface area contributed by atoms with E-state index in [0.717, 1.165) is 35.4 Å². The van der Waals surface area contributed by atoms with Crippen LogP contribution in [0.3, 0.4) is 0 Å². The standard InChI is InChI=1S/C14H16ClNO/c15-12-6-4-5-10-11(12)9-14(16-13(10)17)7-2-1-3-8-14/h4-6H,1-3,7-9H2,(H,16,17). The van der Waals surface area contributed by atoms with Gasteiger partial charge in [-0.3, -0.25) is 4.79 Å². The molecular formula is C14H16ClNO. The molecule has 1 saturated carbocycles. The Balaban J connectivity index is 2.02. The van der Waals surface area contributed by atoms with Gasteiger partial charge in [-0.15, -0.1) is 0 Å². The molecule has 2 nitrogen and oxygen atoms in total. The van der Waals surface area contributed by atoms with Crippen LogP contribution in [0.1, 0.15) is 48.0 Å². The number of rotatable bonds is 0. The summed E-state index contributed by atoms with van der Waals surface area (Å²) in [6.07, 6.45) is 6.77. The average molecular weight is 250 g/mol. The second-order valence-electron chi connectivity index (χ2n) is 5.24. The maximum Gasteiger partial charge on any atom is 0.252 e. The van der Waals surface area contributed by atoms with Gasteiger partial charge in [0.25, 0.3) is 5.91 Å². The maximum atomic E-state index is 12.1. The molecule has 0 atom stereocenters. The van der Waals surface area contributed by atoms with Crippen LogP contribution in [0.4, 0.5) is 0 Å². The first-order valence-electron chi connectivity index (χ1n) is 6.30. The van der Waals surface area contributed by atoms with E-state index in [1.54, 1.807) is 0 Å². The lowest BCUT2D eigenvalue weighted by Gasteiger charge is -2.42. The third-order valence-electron chi connectivity index (χ3n) is 4.07. The summed E-state index contributed by atoms with van der Waals surface area (Å²) in [5, 5.41) is 3.96. The van der Waals surface area contributed by atoms with Gasteiger partial charge in [0.2, 0.25) is 0 Å². The van der Waals surface area contributed by atoms with E-state index >= 15 is 0 Å². The van der Waals surface area contributed by atoms with Gasteiger partial charge in [0.15, 0.2) is 0 Å². The van der Waals surface area contributed by atoms with Gasteiger partial charge < -0.3 is 5.32 Å². The van der Waals surface area contributed by atoms with Crippen molar-refractivity contribution in [2.45, 2.75) is 44.1 Å². The quantitative estimate of drug-likeness (QED) is 0.751. The molecule has 3 rings (SSSR count). The Morgan fingerprint density at radius 3 is 2.71 bits per heavy atom. The van der Waals surface area contributed by atoms with Crippen LogP contribution >= 0.6 is 11.6 Å². The monoisotopic (exact) mass is 249 g/mol. The summed E-state index contributed by atoms with van der Waals surface area (Å²) < 4.78 is 0. The summed E-state index contributed by atoms with van der Waals surface area (Å²) in [6.45, 7) is 0. The molecule has 0 radical (unpaired) electrons. The zero-order valence-electron chi connectivity index (χ0n) is 9.76. The highest BCUT2D eigenvalue weighted by atomic mass is 35.5. The molecule has 1 aromatic rings. The van der Waals surface area contributed by atoms with Crippen molar-refractivity contribution in [1.82, 2.24) is 5.32 Å². The second kappa shape index (κ2) is 4.02. The zero-order chi connectivity index (χ0) is 11.9. The summed E-state index contributed by atoms with van der Waals surface area (Å²) in [7, 11) is 0. The van der Waals surface area contributed by atoms with Crippen LogP contribution in [0.5, 0.6) is 0 Å². The molecule has 90 valence electrons. The maximum absolute atomic E-state index is 12.1. The highest BCUT2D eigenvalue weighted by molar-refractivity contribution is 6.32. The number of hydrogen-bond donors (Lipinski definition) is 1. The van der Waals surface area contributed by atoms with E-state index in [2.05, 4.69) is 5.32 Å². The normalized spacial score (nSPS) is 22.1. The number of amides is 1. The predicted octanol–water partition coefficient (Wildman–Crippen LogP) is 3.33. The van der Waals surface area contributed by atoms with Crippen molar-refractivity contribution >= 4 is 17.5 Å². The van der Waals surface area contributed by atoms with Crippen molar-refractivity contribution in [2.24, 2.45) is 0 Å². The van der Waals surface area contributed by atoms with Crippen LogP contribution in [0.2, 0.25) is 5.02 Å². The molecule has 1 fully saturated rings. The third-order valence-corrected chi connectivity index (χ3v) is 4.42. The Labute approximate surface area is 106 Å². The molecule has 1 aliphatic carbocycles. The third kappa shape index (κ3) is 1.85. The van der Waals surface area contributed by atoms with Gasteiger partial charge in [0.1, 0.15) is 0 Å². The Hall–Kier alpha value is -1.02. The Morgan fingerprint density at radius 2 is 1.94 bits per heavy atom. The van der Waals surface area contributed by atoms with Crippen LogP contribution in [0, 0.1) is 0 Å². The molecule has 1 spiro atoms. The van der Waals surface area contributed by atoms with Crippen LogP contribution < -0.4 is 5.32 Å². The minimum atomic E-state index is -0.0205. The van der Waals surface area contributed by atoms with Gasteiger partial charge >= 0.3 is 0 Å². The number of carbonyl (C=O) groups excluding carboxylic acids is 1. The lowest BCUT2D eigenvalue weighted by molar-refractivity contribution is 0.0844. The van der Waals surface area contributed by atoms with Crippen LogP contribution in [0.25, 0.3) is 0 Å². The van der Waals surface area contributed by atoms with Gasteiger partial charge in [0.05, 0.1) is 0 Å². The predicted molar refractivity (Wildman–Crippen MR) is 68.4 cm³/mol. The molecule has 1 amide bonds. The van der Waals surface area contributed by atoms with Gasteiger partial charge in [-0.2, -0.15) is 0 Å². The fourth-order valence-electron chi connectivity index (χ4n) is 3.17. The van der Waals surface area contributed by atoms with E-state index in [1.165, 1.54) is 19.3 Å². The van der Waals surface area contributed by atoms with E-state index < -0.39 is 0 Å². The first-order valence-corrected chi connectivity index (χ1v) is 6.68. The van der Waals surface area contributed by atoms with E-state index in [-0.39, 0.29) is 11.4 Å². The number of halogens is 1. The summed E-state index contributed by atoms with van der Waals surface area (Å²) in [5.41, 5.74) is 1.78. The van der Waals surface area contributed by atoms with Crippen LogP contribution in [-0.4, -0.2) is 11.4 Å². The van der Waals surface area contributed by atoms with E-state index in [1.807, 2.05) is 18.2 Å². The van der Waals surface area contributed by atoms with Crippen molar-refractivity contribution in [1.29, 1.82) is 0 Å². The lowest BCUT2D eigenvalue weighted by atomic mass is 9.74. The fourth-order valence-corrected chi connectivity index (χ4v) is 3.41. The minimum Gasteiger partial charge on any atom is -0.346 e. The molecular weight excluding hydrogens is 234 g/mol. The molecule has 0 unspecified atom stereocenters. The summed E-state index contributed by atoms with van der Waals surface area (Å²) >= 11 is 6.23. The van der Waals surface area contributed by atoms with Gasteiger partial charge in [-0.25, -0.2) is 0 Å². The lowest BCUT2D eigenvalue weighted by Crippen LogP contribution is -2.54. The van der Waals surface area contributed by atoms with Crippen LogP contribution in [-0.2, 0) is 6.42 Å². The molecule has 1 N–H and O–H groups in total. The van der Waals surface area contributed by atoms with Crippen molar-refractivity contribution < 1.29 is 4.79 Å². The largest absolute Gasteiger partial charge is 0.346 e. The Bertz CT molecular complexity index is 463. The number of nitrogens with one attached hydrogen (secondary N) is 1. The van der Waals surface area contributed by atoms with Crippen molar-refractivity contribution in [3.8, 4) is 0 Å². The molecule has 1 aliphatic heterocycles. The molecule has 0 aromatic heterocycles. The minimum absolute atomic E-state index is 0.0205. The van der Waals surface area contributed by atoms with Crippen molar-refractivity contribution in [3.05, 3.63) is 34.3 Å². The molecule has 0 saturated heterocycles. The van der Waals surface area contributed by atoms with Crippen molar-refractivity contribution in [3.63, 3.8) is 0 Å². The Morgan fingerprint density at radius 1 is 1.18 bits per heavy atom. The fraction of sp³-hybridized carbons (Fsp3) is 0.500. The summed E-state index contributed by atoms with van der Waals surface area (Å²) in [4.78, 5) is 12.1. The smallest absolute Gasteiger partial charge is 0.252 e. The first kappa shape index (κ1) is 11.1. The highest BCUT2D eigenvalue weighted by Crippen LogP contribution is 2.37. The zero-order valence-corrected chi connectivity index (χ0v) is 10.5. The van der Waals surface area contributed by atoms with Gasteiger partial charge in [-0.1, -0.05) is 36.9 Å². The first-order chi connectivity index (χ1) is 8.20. The van der Waals surface area contributed by atoms with Gasteiger partial charge in [-0.05, 0) is 37.0 Å². The number of hydrogen-bond acceptors (Lipinski definition) is 1. The summed E-state index contributed by atoms with van der Waals surface area (Å²) in [5.74, 6) is 0.0515. The van der Waals surface area contributed by atoms with Crippen molar-refractivity contribution in [2.75, 3.05) is 0 Å². The summed E-state index contributed by atoms with van der Waals surface area (Å²) in [6, 6.07) is 5.60. The number of fused-ring (bicyclic) bond motifs is 1. The van der Waals surface area contributed by atoms with E-state index in [0.29, 0.717) is 0 Å². The topological polar surface area (TPSA) is 29.1 Å².